The van der Waals surface area contributed by atoms with Gasteiger partial charge in [-0.2, -0.15) is 11.3 Å². The molecule has 2 aromatic rings. The first kappa shape index (κ1) is 13.3. The van der Waals surface area contributed by atoms with Gasteiger partial charge in [0.05, 0.1) is 5.25 Å². The van der Waals surface area contributed by atoms with E-state index in [1.165, 1.54) is 15.3 Å². The third kappa shape index (κ3) is 3.25. The standard InChI is InChI=1S/C13H15NO2S3/c15-19(16,12-2-3-12)14-7-5-11-1-4-13(18-11)10-6-8-17-9-10/h1,4,6,8-9,12,14H,2-3,5,7H2. The van der Waals surface area contributed by atoms with Gasteiger partial charge in [0.1, 0.15) is 0 Å². The molecule has 1 saturated carbocycles. The van der Waals surface area contributed by atoms with Gasteiger partial charge in [0.2, 0.25) is 10.0 Å². The number of sulfonamides is 1. The minimum atomic E-state index is -3.04. The minimum Gasteiger partial charge on any atom is -0.215 e. The number of hydrogen-bond donors (Lipinski definition) is 1. The van der Waals surface area contributed by atoms with Crippen LogP contribution in [0, 0.1) is 0 Å². The highest BCUT2D eigenvalue weighted by atomic mass is 32.2. The molecule has 0 spiro atoms. The average molecular weight is 313 g/mol. The molecule has 6 heteroatoms. The predicted molar refractivity (Wildman–Crippen MR) is 81.3 cm³/mol. The molecule has 0 bridgehead atoms. The summed E-state index contributed by atoms with van der Waals surface area (Å²) in [6.45, 7) is 0.502. The fourth-order valence-electron chi connectivity index (χ4n) is 1.88. The maximum Gasteiger partial charge on any atom is 0.214 e. The van der Waals surface area contributed by atoms with Crippen LogP contribution in [0.5, 0.6) is 0 Å². The van der Waals surface area contributed by atoms with Crippen molar-refractivity contribution in [3.8, 4) is 10.4 Å². The molecule has 102 valence electrons. The minimum absolute atomic E-state index is 0.128. The van der Waals surface area contributed by atoms with E-state index in [4.69, 9.17) is 0 Å². The average Bonchev–Trinajstić information content (AvgIpc) is 2.92. The Hall–Kier alpha value is -0.690. The summed E-state index contributed by atoms with van der Waals surface area (Å²) in [6, 6.07) is 6.30. The lowest BCUT2D eigenvalue weighted by molar-refractivity contribution is 0.580. The number of thiophene rings is 2. The van der Waals surface area contributed by atoms with Crippen molar-refractivity contribution in [2.75, 3.05) is 6.54 Å². The van der Waals surface area contributed by atoms with Gasteiger partial charge in [-0.15, -0.1) is 11.3 Å². The van der Waals surface area contributed by atoms with Crippen LogP contribution in [0.3, 0.4) is 0 Å². The van der Waals surface area contributed by atoms with Crippen molar-refractivity contribution >= 4 is 32.7 Å². The molecule has 0 unspecified atom stereocenters. The molecule has 0 aromatic carbocycles. The quantitative estimate of drug-likeness (QED) is 0.891. The second-order valence-corrected chi connectivity index (χ2v) is 8.66. The lowest BCUT2D eigenvalue weighted by atomic mass is 10.3. The third-order valence-electron chi connectivity index (χ3n) is 3.11. The summed E-state index contributed by atoms with van der Waals surface area (Å²) >= 11 is 3.43. The van der Waals surface area contributed by atoms with Crippen LogP contribution in [0.2, 0.25) is 0 Å². The lowest BCUT2D eigenvalue weighted by Crippen LogP contribution is -2.28. The summed E-state index contributed by atoms with van der Waals surface area (Å²) in [4.78, 5) is 2.47. The zero-order chi connectivity index (χ0) is 13.3. The first-order chi connectivity index (χ1) is 9.15. The molecule has 19 heavy (non-hydrogen) atoms. The van der Waals surface area contributed by atoms with E-state index in [-0.39, 0.29) is 5.25 Å². The van der Waals surface area contributed by atoms with E-state index in [0.29, 0.717) is 6.54 Å². The third-order valence-corrected chi connectivity index (χ3v) is 6.94. The largest absolute Gasteiger partial charge is 0.215 e. The van der Waals surface area contributed by atoms with Crippen LogP contribution in [0.1, 0.15) is 17.7 Å². The lowest BCUT2D eigenvalue weighted by Gasteiger charge is -2.03. The molecule has 0 amide bonds. The van der Waals surface area contributed by atoms with Crippen molar-refractivity contribution in [3.05, 3.63) is 33.8 Å². The Bertz CT molecular complexity index is 639. The molecule has 0 aliphatic heterocycles. The summed E-state index contributed by atoms with van der Waals surface area (Å²) in [7, 11) is -3.04. The molecular weight excluding hydrogens is 298 g/mol. The highest BCUT2D eigenvalue weighted by Gasteiger charge is 2.35. The fourth-order valence-corrected chi connectivity index (χ4v) is 5.00. The van der Waals surface area contributed by atoms with E-state index in [1.54, 1.807) is 22.7 Å². The molecule has 1 fully saturated rings. The molecule has 1 aliphatic rings. The molecule has 3 nitrogen and oxygen atoms in total. The Balaban J connectivity index is 1.56. The van der Waals surface area contributed by atoms with Crippen molar-refractivity contribution in [1.29, 1.82) is 0 Å². The smallest absolute Gasteiger partial charge is 0.214 e. The normalized spacial score (nSPS) is 15.8. The van der Waals surface area contributed by atoms with Crippen molar-refractivity contribution in [1.82, 2.24) is 4.72 Å². The monoisotopic (exact) mass is 313 g/mol. The molecule has 1 N–H and O–H groups in total. The van der Waals surface area contributed by atoms with Crippen molar-refractivity contribution in [2.45, 2.75) is 24.5 Å². The van der Waals surface area contributed by atoms with Crippen molar-refractivity contribution in [3.63, 3.8) is 0 Å². The van der Waals surface area contributed by atoms with Gasteiger partial charge in [0.25, 0.3) is 0 Å². The molecule has 0 saturated heterocycles. The van der Waals surface area contributed by atoms with E-state index < -0.39 is 10.0 Å². The topological polar surface area (TPSA) is 46.2 Å². The van der Waals surface area contributed by atoms with Crippen molar-refractivity contribution in [2.24, 2.45) is 0 Å². The van der Waals surface area contributed by atoms with Crippen LogP contribution in [0.25, 0.3) is 10.4 Å². The SMILES string of the molecule is O=S(=O)(NCCc1ccc(-c2ccsc2)s1)C1CC1. The van der Waals surface area contributed by atoms with Gasteiger partial charge in [0, 0.05) is 21.9 Å². The van der Waals surface area contributed by atoms with Crippen LogP contribution < -0.4 is 4.72 Å². The Morgan fingerprint density at radius 1 is 1.26 bits per heavy atom. The molecule has 1 aliphatic carbocycles. The molecule has 2 aromatic heterocycles. The van der Waals surface area contributed by atoms with Gasteiger partial charge >= 0.3 is 0 Å². The van der Waals surface area contributed by atoms with E-state index in [9.17, 15) is 8.42 Å². The maximum atomic E-state index is 11.7. The van der Waals surface area contributed by atoms with E-state index >= 15 is 0 Å². The van der Waals surface area contributed by atoms with Gasteiger partial charge in [-0.25, -0.2) is 13.1 Å². The highest BCUT2D eigenvalue weighted by Crippen LogP contribution is 2.30. The van der Waals surface area contributed by atoms with Gasteiger partial charge < -0.3 is 0 Å². The Kier molecular flexibility index (Phi) is 3.75. The van der Waals surface area contributed by atoms with Crippen molar-refractivity contribution < 1.29 is 8.42 Å². The van der Waals surface area contributed by atoms with Gasteiger partial charge in [0.15, 0.2) is 0 Å². The number of nitrogens with one attached hydrogen (secondary N) is 1. The molecule has 0 radical (unpaired) electrons. The predicted octanol–water partition coefficient (Wildman–Crippen LogP) is 3.10. The second kappa shape index (κ2) is 5.36. The number of rotatable bonds is 6. The molecule has 2 heterocycles. The fraction of sp³-hybridized carbons (Fsp3) is 0.385. The van der Waals surface area contributed by atoms with E-state index in [0.717, 1.165) is 19.3 Å². The summed E-state index contributed by atoms with van der Waals surface area (Å²) in [5, 5.41) is 4.07. The molecule has 3 rings (SSSR count). The van der Waals surface area contributed by atoms with E-state index in [2.05, 4.69) is 33.7 Å². The summed E-state index contributed by atoms with van der Waals surface area (Å²) in [5.41, 5.74) is 1.25. The summed E-state index contributed by atoms with van der Waals surface area (Å²) in [6.07, 6.45) is 2.40. The van der Waals surface area contributed by atoms with Crippen LogP contribution in [0.15, 0.2) is 29.0 Å². The van der Waals surface area contributed by atoms with Gasteiger partial charge in [-0.1, -0.05) is 0 Å². The zero-order valence-electron chi connectivity index (χ0n) is 10.3. The highest BCUT2D eigenvalue weighted by molar-refractivity contribution is 7.90. The number of hydrogen-bond acceptors (Lipinski definition) is 4. The molecular formula is C13H15NO2S3. The van der Waals surface area contributed by atoms with E-state index in [1.807, 2.05) is 0 Å². The van der Waals surface area contributed by atoms with Crippen LogP contribution >= 0.6 is 22.7 Å². The first-order valence-electron chi connectivity index (χ1n) is 6.25. The van der Waals surface area contributed by atoms with Gasteiger partial charge in [-0.3, -0.25) is 0 Å². The van der Waals surface area contributed by atoms with Gasteiger partial charge in [-0.05, 0) is 48.2 Å². The van der Waals surface area contributed by atoms with Crippen LogP contribution in [0.4, 0.5) is 0 Å². The first-order valence-corrected chi connectivity index (χ1v) is 9.55. The zero-order valence-corrected chi connectivity index (χ0v) is 12.8. The maximum absolute atomic E-state index is 11.7. The Morgan fingerprint density at radius 3 is 2.79 bits per heavy atom. The molecule has 0 atom stereocenters. The Labute approximate surface area is 121 Å². The van der Waals surface area contributed by atoms with Crippen LogP contribution in [-0.4, -0.2) is 20.2 Å². The Morgan fingerprint density at radius 2 is 2.11 bits per heavy atom. The summed E-state index contributed by atoms with van der Waals surface area (Å²) in [5.74, 6) is 0. The summed E-state index contributed by atoms with van der Waals surface area (Å²) < 4.78 is 26.0. The second-order valence-electron chi connectivity index (χ2n) is 4.67. The van der Waals surface area contributed by atoms with Crippen LogP contribution in [-0.2, 0) is 16.4 Å².